The maximum absolute atomic E-state index is 11.6. The number of benzene rings is 1. The lowest BCUT2D eigenvalue weighted by Gasteiger charge is -2.19. The summed E-state index contributed by atoms with van der Waals surface area (Å²) in [6.07, 6.45) is 0. The van der Waals surface area contributed by atoms with E-state index in [2.05, 4.69) is 5.32 Å². The number of carbonyl (C=O) groups is 1. The van der Waals surface area contributed by atoms with E-state index in [1.807, 2.05) is 20.8 Å². The van der Waals surface area contributed by atoms with E-state index in [0.717, 1.165) is 0 Å². The Balaban J connectivity index is 2.70. The summed E-state index contributed by atoms with van der Waals surface area (Å²) in [6.45, 7) is 5.40. The summed E-state index contributed by atoms with van der Waals surface area (Å²) in [5.74, 6) is -0.360. The molecule has 0 fully saturated rings. The standard InChI is InChI=1S/C12H18N2O4S/c1-12(2,3)18-8-11(15)14-9-5-4-6-10(7-9)19(13,16)17/h4-7H,8H2,1-3H3,(H,14,15)(H2,13,16,17). The van der Waals surface area contributed by atoms with Crippen LogP contribution in [0.1, 0.15) is 20.8 Å². The first-order valence-corrected chi connectivity index (χ1v) is 7.19. The molecule has 1 aromatic rings. The van der Waals surface area contributed by atoms with Crippen molar-refractivity contribution in [3.63, 3.8) is 0 Å². The van der Waals surface area contributed by atoms with Crippen LogP contribution in [0.5, 0.6) is 0 Å². The molecule has 7 heteroatoms. The van der Waals surface area contributed by atoms with Gasteiger partial charge in [0, 0.05) is 5.69 Å². The van der Waals surface area contributed by atoms with Crippen molar-refractivity contribution in [2.75, 3.05) is 11.9 Å². The molecule has 6 nitrogen and oxygen atoms in total. The molecular formula is C12H18N2O4S. The Morgan fingerprint density at radius 2 is 2.00 bits per heavy atom. The van der Waals surface area contributed by atoms with Crippen molar-refractivity contribution in [2.24, 2.45) is 5.14 Å². The first-order valence-electron chi connectivity index (χ1n) is 5.65. The minimum absolute atomic E-state index is 0.0537. The smallest absolute Gasteiger partial charge is 0.250 e. The molecule has 0 aliphatic carbocycles. The van der Waals surface area contributed by atoms with Gasteiger partial charge in [-0.15, -0.1) is 0 Å². The Hall–Kier alpha value is -1.44. The van der Waals surface area contributed by atoms with E-state index in [9.17, 15) is 13.2 Å². The zero-order valence-corrected chi connectivity index (χ0v) is 12.0. The molecule has 19 heavy (non-hydrogen) atoms. The van der Waals surface area contributed by atoms with Crippen molar-refractivity contribution in [2.45, 2.75) is 31.3 Å². The van der Waals surface area contributed by atoms with Crippen LogP contribution < -0.4 is 10.5 Å². The van der Waals surface area contributed by atoms with Crippen LogP contribution in [0.15, 0.2) is 29.2 Å². The fourth-order valence-corrected chi connectivity index (χ4v) is 1.79. The van der Waals surface area contributed by atoms with Crippen molar-refractivity contribution in [3.05, 3.63) is 24.3 Å². The maximum Gasteiger partial charge on any atom is 0.250 e. The highest BCUT2D eigenvalue weighted by Gasteiger charge is 2.14. The summed E-state index contributed by atoms with van der Waals surface area (Å²) >= 11 is 0. The van der Waals surface area contributed by atoms with Crippen molar-refractivity contribution in [1.82, 2.24) is 0 Å². The Labute approximate surface area is 113 Å². The van der Waals surface area contributed by atoms with Crippen LogP contribution >= 0.6 is 0 Å². The molecule has 0 unspecified atom stereocenters. The number of carbonyl (C=O) groups excluding carboxylic acids is 1. The van der Waals surface area contributed by atoms with Gasteiger partial charge in [-0.2, -0.15) is 0 Å². The second kappa shape index (κ2) is 5.68. The Morgan fingerprint density at radius 3 is 2.53 bits per heavy atom. The lowest BCUT2D eigenvalue weighted by atomic mass is 10.2. The van der Waals surface area contributed by atoms with Crippen LogP contribution in [0.2, 0.25) is 0 Å². The number of amides is 1. The monoisotopic (exact) mass is 286 g/mol. The number of ether oxygens (including phenoxy) is 1. The van der Waals surface area contributed by atoms with Gasteiger partial charge in [0.15, 0.2) is 0 Å². The van der Waals surface area contributed by atoms with Gasteiger partial charge in [-0.05, 0) is 39.0 Å². The molecule has 1 aromatic carbocycles. The van der Waals surface area contributed by atoms with Crippen LogP contribution in [-0.4, -0.2) is 26.5 Å². The van der Waals surface area contributed by atoms with Gasteiger partial charge in [-0.25, -0.2) is 13.6 Å². The number of nitrogens with two attached hydrogens (primary N) is 1. The first kappa shape index (κ1) is 15.6. The Kier molecular flexibility index (Phi) is 4.67. The highest BCUT2D eigenvalue weighted by molar-refractivity contribution is 7.89. The van der Waals surface area contributed by atoms with E-state index in [1.54, 1.807) is 6.07 Å². The minimum Gasteiger partial charge on any atom is -0.366 e. The van der Waals surface area contributed by atoms with E-state index in [-0.39, 0.29) is 17.4 Å². The lowest BCUT2D eigenvalue weighted by molar-refractivity contribution is -0.125. The summed E-state index contributed by atoms with van der Waals surface area (Å²) in [5, 5.41) is 7.55. The minimum atomic E-state index is -3.78. The van der Waals surface area contributed by atoms with Gasteiger partial charge in [0.05, 0.1) is 10.5 Å². The van der Waals surface area contributed by atoms with Crippen LogP contribution in [-0.2, 0) is 19.6 Å². The molecule has 0 saturated carbocycles. The normalized spacial score (nSPS) is 12.2. The largest absolute Gasteiger partial charge is 0.366 e. The van der Waals surface area contributed by atoms with Crippen molar-refractivity contribution in [1.29, 1.82) is 0 Å². The fourth-order valence-electron chi connectivity index (χ4n) is 1.23. The number of sulfonamides is 1. The molecule has 0 aliphatic rings. The van der Waals surface area contributed by atoms with Crippen molar-refractivity contribution < 1.29 is 17.9 Å². The van der Waals surface area contributed by atoms with Crippen molar-refractivity contribution in [3.8, 4) is 0 Å². The number of anilines is 1. The van der Waals surface area contributed by atoms with E-state index in [1.165, 1.54) is 18.2 Å². The zero-order valence-electron chi connectivity index (χ0n) is 11.1. The molecule has 0 aromatic heterocycles. The third-order valence-electron chi connectivity index (χ3n) is 2.08. The van der Waals surface area contributed by atoms with Gasteiger partial charge in [-0.3, -0.25) is 4.79 Å². The number of hydrogen-bond donors (Lipinski definition) is 2. The van der Waals surface area contributed by atoms with Crippen LogP contribution in [0.25, 0.3) is 0 Å². The average molecular weight is 286 g/mol. The third kappa shape index (κ3) is 5.82. The molecule has 106 valence electrons. The van der Waals surface area contributed by atoms with E-state index < -0.39 is 15.6 Å². The molecule has 0 bridgehead atoms. The average Bonchev–Trinajstić information content (AvgIpc) is 2.25. The van der Waals surface area contributed by atoms with Gasteiger partial charge in [0.25, 0.3) is 0 Å². The lowest BCUT2D eigenvalue weighted by Crippen LogP contribution is -2.27. The second-order valence-corrected chi connectivity index (χ2v) is 6.58. The number of primary sulfonamides is 1. The quantitative estimate of drug-likeness (QED) is 0.865. The molecule has 0 radical (unpaired) electrons. The van der Waals surface area contributed by atoms with E-state index >= 15 is 0 Å². The van der Waals surface area contributed by atoms with Gasteiger partial charge < -0.3 is 10.1 Å². The summed E-state index contributed by atoms with van der Waals surface area (Å²) in [4.78, 5) is 11.5. The SMILES string of the molecule is CC(C)(C)OCC(=O)Nc1cccc(S(N)(=O)=O)c1. The summed E-state index contributed by atoms with van der Waals surface area (Å²) in [7, 11) is -3.78. The molecular weight excluding hydrogens is 268 g/mol. The summed E-state index contributed by atoms with van der Waals surface area (Å²) < 4.78 is 27.6. The third-order valence-corrected chi connectivity index (χ3v) is 2.99. The van der Waals surface area contributed by atoms with E-state index in [4.69, 9.17) is 9.88 Å². The number of hydrogen-bond acceptors (Lipinski definition) is 4. The Morgan fingerprint density at radius 1 is 1.37 bits per heavy atom. The Bertz CT molecular complexity index is 561. The van der Waals surface area contributed by atoms with Gasteiger partial charge in [-0.1, -0.05) is 6.07 Å². The summed E-state index contributed by atoms with van der Waals surface area (Å²) in [5.41, 5.74) is -0.0613. The number of rotatable bonds is 4. The highest BCUT2D eigenvalue weighted by Crippen LogP contribution is 2.14. The summed E-state index contributed by atoms with van der Waals surface area (Å²) in [6, 6.07) is 5.73. The van der Waals surface area contributed by atoms with Gasteiger partial charge >= 0.3 is 0 Å². The van der Waals surface area contributed by atoms with Gasteiger partial charge in [0.2, 0.25) is 15.9 Å². The fraction of sp³-hybridized carbons (Fsp3) is 0.417. The second-order valence-electron chi connectivity index (χ2n) is 5.02. The number of nitrogens with one attached hydrogen (secondary N) is 1. The van der Waals surface area contributed by atoms with Crippen molar-refractivity contribution >= 4 is 21.6 Å². The molecule has 1 rings (SSSR count). The van der Waals surface area contributed by atoms with Crippen LogP contribution in [0.4, 0.5) is 5.69 Å². The predicted molar refractivity (Wildman–Crippen MR) is 72.1 cm³/mol. The topological polar surface area (TPSA) is 98.5 Å². The first-order chi connectivity index (χ1) is 8.58. The molecule has 0 saturated heterocycles. The van der Waals surface area contributed by atoms with Crippen LogP contribution in [0, 0.1) is 0 Å². The highest BCUT2D eigenvalue weighted by atomic mass is 32.2. The predicted octanol–water partition coefficient (Wildman–Crippen LogP) is 1.09. The van der Waals surface area contributed by atoms with Crippen LogP contribution in [0.3, 0.4) is 0 Å². The molecule has 0 spiro atoms. The molecule has 0 atom stereocenters. The van der Waals surface area contributed by atoms with E-state index in [0.29, 0.717) is 5.69 Å². The molecule has 3 N–H and O–H groups in total. The molecule has 0 aliphatic heterocycles. The molecule has 1 amide bonds. The molecule has 0 heterocycles. The maximum atomic E-state index is 11.6. The zero-order chi connectivity index (χ0) is 14.7. The van der Waals surface area contributed by atoms with Gasteiger partial charge in [0.1, 0.15) is 6.61 Å².